The van der Waals surface area contributed by atoms with Crippen molar-refractivity contribution >= 4 is 10.9 Å². The Morgan fingerprint density at radius 3 is 2.78 bits per heavy atom. The second-order valence-electron chi connectivity index (χ2n) is 4.91. The molecule has 1 unspecified atom stereocenters. The van der Waals surface area contributed by atoms with Crippen LogP contribution in [0.3, 0.4) is 0 Å². The van der Waals surface area contributed by atoms with E-state index in [1.165, 1.54) is 23.8 Å². The molecule has 2 aromatic rings. The van der Waals surface area contributed by atoms with E-state index >= 15 is 0 Å². The zero-order chi connectivity index (χ0) is 13.0. The van der Waals surface area contributed by atoms with Gasteiger partial charge >= 0.3 is 0 Å². The molecular formula is C16H22N2. The van der Waals surface area contributed by atoms with E-state index in [4.69, 9.17) is 0 Å². The molecule has 0 aliphatic heterocycles. The van der Waals surface area contributed by atoms with Crippen LogP contribution in [0.1, 0.15) is 31.0 Å². The third-order valence-electron chi connectivity index (χ3n) is 3.58. The maximum absolute atomic E-state index is 4.53. The number of pyridine rings is 1. The molecule has 1 aromatic heterocycles. The van der Waals surface area contributed by atoms with Gasteiger partial charge in [0.2, 0.25) is 0 Å². The fourth-order valence-electron chi connectivity index (χ4n) is 2.33. The van der Waals surface area contributed by atoms with Crippen molar-refractivity contribution in [3.05, 3.63) is 41.6 Å². The lowest BCUT2D eigenvalue weighted by Gasteiger charge is -2.13. The highest BCUT2D eigenvalue weighted by atomic mass is 14.9. The molecule has 0 spiro atoms. The van der Waals surface area contributed by atoms with Crippen molar-refractivity contribution in [3.63, 3.8) is 0 Å². The predicted octanol–water partition coefficient (Wildman–Crippen LogP) is 3.47. The molecule has 2 heteroatoms. The topological polar surface area (TPSA) is 24.9 Å². The Morgan fingerprint density at radius 2 is 2.06 bits per heavy atom. The number of aryl methyl sites for hydroxylation is 2. The van der Waals surface area contributed by atoms with Crippen LogP contribution in [0.4, 0.5) is 0 Å². The van der Waals surface area contributed by atoms with Gasteiger partial charge in [-0.15, -0.1) is 0 Å². The Balaban J connectivity index is 2.12. The van der Waals surface area contributed by atoms with Gasteiger partial charge in [0, 0.05) is 17.1 Å². The van der Waals surface area contributed by atoms with Gasteiger partial charge in [0.25, 0.3) is 0 Å². The number of aromatic nitrogens is 1. The van der Waals surface area contributed by atoms with Gasteiger partial charge in [0.1, 0.15) is 0 Å². The SMILES string of the molecule is CCC(CCc1ccc2nc(C)ccc2c1)NC. The maximum Gasteiger partial charge on any atom is 0.0705 e. The number of benzene rings is 1. The molecule has 0 saturated carbocycles. The number of nitrogens with zero attached hydrogens (tertiary/aromatic N) is 1. The van der Waals surface area contributed by atoms with E-state index in [1.807, 2.05) is 14.0 Å². The molecule has 1 N–H and O–H groups in total. The minimum Gasteiger partial charge on any atom is -0.317 e. The van der Waals surface area contributed by atoms with E-state index in [0.717, 1.165) is 17.6 Å². The summed E-state index contributed by atoms with van der Waals surface area (Å²) in [5.41, 5.74) is 3.58. The van der Waals surface area contributed by atoms with Crippen molar-refractivity contribution in [1.82, 2.24) is 10.3 Å². The second kappa shape index (κ2) is 5.96. The van der Waals surface area contributed by atoms with E-state index in [9.17, 15) is 0 Å². The Morgan fingerprint density at radius 1 is 1.22 bits per heavy atom. The van der Waals surface area contributed by atoms with Crippen LogP contribution >= 0.6 is 0 Å². The molecule has 1 atom stereocenters. The third kappa shape index (κ3) is 3.08. The fraction of sp³-hybridized carbons (Fsp3) is 0.438. The summed E-state index contributed by atoms with van der Waals surface area (Å²) in [5.74, 6) is 0. The zero-order valence-electron chi connectivity index (χ0n) is 11.5. The van der Waals surface area contributed by atoms with Crippen molar-refractivity contribution < 1.29 is 0 Å². The molecule has 2 nitrogen and oxygen atoms in total. The molecule has 0 fully saturated rings. The molecule has 0 radical (unpaired) electrons. The van der Waals surface area contributed by atoms with Gasteiger partial charge in [-0.05, 0) is 57.0 Å². The molecular weight excluding hydrogens is 220 g/mol. The summed E-state index contributed by atoms with van der Waals surface area (Å²) in [6.45, 7) is 4.26. The molecule has 1 aromatic carbocycles. The average molecular weight is 242 g/mol. The van der Waals surface area contributed by atoms with Crippen LogP contribution in [0.5, 0.6) is 0 Å². The van der Waals surface area contributed by atoms with E-state index in [-0.39, 0.29) is 0 Å². The van der Waals surface area contributed by atoms with Crippen molar-refractivity contribution in [2.45, 2.75) is 39.2 Å². The van der Waals surface area contributed by atoms with Gasteiger partial charge in [0.15, 0.2) is 0 Å². The summed E-state index contributed by atoms with van der Waals surface area (Å²) in [6, 6.07) is 11.5. The van der Waals surface area contributed by atoms with Gasteiger partial charge < -0.3 is 5.32 Å². The first-order valence-corrected chi connectivity index (χ1v) is 6.76. The van der Waals surface area contributed by atoms with Gasteiger partial charge in [-0.25, -0.2) is 0 Å². The summed E-state index contributed by atoms with van der Waals surface area (Å²) in [4.78, 5) is 4.53. The number of fused-ring (bicyclic) bond motifs is 1. The van der Waals surface area contributed by atoms with Gasteiger partial charge in [0.05, 0.1) is 5.52 Å². The lowest BCUT2D eigenvalue weighted by Crippen LogP contribution is -2.24. The van der Waals surface area contributed by atoms with Crippen molar-refractivity contribution in [2.75, 3.05) is 7.05 Å². The van der Waals surface area contributed by atoms with E-state index in [1.54, 1.807) is 0 Å². The summed E-state index contributed by atoms with van der Waals surface area (Å²) >= 11 is 0. The highest BCUT2D eigenvalue weighted by molar-refractivity contribution is 5.79. The number of hydrogen-bond donors (Lipinski definition) is 1. The maximum atomic E-state index is 4.53. The van der Waals surface area contributed by atoms with E-state index < -0.39 is 0 Å². The Hall–Kier alpha value is -1.41. The van der Waals surface area contributed by atoms with Crippen LogP contribution in [-0.4, -0.2) is 18.1 Å². The monoisotopic (exact) mass is 242 g/mol. The first kappa shape index (κ1) is 13.0. The van der Waals surface area contributed by atoms with Gasteiger partial charge in [-0.1, -0.05) is 19.1 Å². The zero-order valence-corrected chi connectivity index (χ0v) is 11.5. The number of nitrogens with one attached hydrogen (secondary N) is 1. The first-order chi connectivity index (χ1) is 8.72. The standard InChI is InChI=1S/C16H22N2/c1-4-15(17-3)9-6-13-7-10-16-14(11-13)8-5-12(2)18-16/h5,7-8,10-11,15,17H,4,6,9H2,1-3H3. The Labute approximate surface area is 109 Å². The molecule has 96 valence electrons. The summed E-state index contributed by atoms with van der Waals surface area (Å²) in [5, 5.41) is 4.60. The molecule has 0 bridgehead atoms. The third-order valence-corrected chi connectivity index (χ3v) is 3.58. The Bertz CT molecular complexity index is 515. The molecule has 0 amide bonds. The lowest BCUT2D eigenvalue weighted by atomic mass is 10.0. The van der Waals surface area contributed by atoms with E-state index in [0.29, 0.717) is 6.04 Å². The summed E-state index contributed by atoms with van der Waals surface area (Å²) < 4.78 is 0. The lowest BCUT2D eigenvalue weighted by molar-refractivity contribution is 0.509. The quantitative estimate of drug-likeness (QED) is 0.868. The van der Waals surface area contributed by atoms with Crippen LogP contribution in [0.25, 0.3) is 10.9 Å². The van der Waals surface area contributed by atoms with Gasteiger partial charge in [-0.2, -0.15) is 0 Å². The molecule has 2 rings (SSSR count). The fourth-order valence-corrected chi connectivity index (χ4v) is 2.33. The highest BCUT2D eigenvalue weighted by Crippen LogP contribution is 2.16. The molecule has 18 heavy (non-hydrogen) atoms. The summed E-state index contributed by atoms with van der Waals surface area (Å²) in [6.07, 6.45) is 3.51. The van der Waals surface area contributed by atoms with Crippen molar-refractivity contribution in [3.8, 4) is 0 Å². The Kier molecular flexibility index (Phi) is 4.32. The van der Waals surface area contributed by atoms with Crippen LogP contribution < -0.4 is 5.32 Å². The summed E-state index contributed by atoms with van der Waals surface area (Å²) in [7, 11) is 2.04. The van der Waals surface area contributed by atoms with Crippen LogP contribution in [0, 0.1) is 6.92 Å². The largest absolute Gasteiger partial charge is 0.317 e. The highest BCUT2D eigenvalue weighted by Gasteiger charge is 2.04. The van der Waals surface area contributed by atoms with Gasteiger partial charge in [-0.3, -0.25) is 4.98 Å². The average Bonchev–Trinajstić information content (AvgIpc) is 2.40. The minimum atomic E-state index is 0.622. The first-order valence-electron chi connectivity index (χ1n) is 6.76. The van der Waals surface area contributed by atoms with Crippen LogP contribution in [0.2, 0.25) is 0 Å². The van der Waals surface area contributed by atoms with Crippen LogP contribution in [-0.2, 0) is 6.42 Å². The normalized spacial score (nSPS) is 12.8. The van der Waals surface area contributed by atoms with E-state index in [2.05, 4.69) is 47.6 Å². The molecule has 0 aliphatic rings. The minimum absolute atomic E-state index is 0.622. The molecule has 0 saturated heterocycles. The number of rotatable bonds is 5. The second-order valence-corrected chi connectivity index (χ2v) is 4.91. The van der Waals surface area contributed by atoms with Crippen LogP contribution in [0.15, 0.2) is 30.3 Å². The number of hydrogen-bond acceptors (Lipinski definition) is 2. The van der Waals surface area contributed by atoms with Crippen molar-refractivity contribution in [2.24, 2.45) is 0 Å². The van der Waals surface area contributed by atoms with Crippen molar-refractivity contribution in [1.29, 1.82) is 0 Å². The molecule has 0 aliphatic carbocycles. The predicted molar refractivity (Wildman–Crippen MR) is 77.9 cm³/mol. The smallest absolute Gasteiger partial charge is 0.0705 e. The molecule has 1 heterocycles.